The summed E-state index contributed by atoms with van der Waals surface area (Å²) < 4.78 is 14.3. The molecule has 4 aromatic rings. The fourth-order valence-electron chi connectivity index (χ4n) is 4.10. The highest BCUT2D eigenvalue weighted by Crippen LogP contribution is 2.30. The van der Waals surface area contributed by atoms with Gasteiger partial charge in [0.05, 0.1) is 6.61 Å². The second kappa shape index (κ2) is 11.8. The zero-order valence-corrected chi connectivity index (χ0v) is 21.3. The van der Waals surface area contributed by atoms with Crippen molar-refractivity contribution in [3.63, 3.8) is 0 Å². The molecule has 8 heteroatoms. The van der Waals surface area contributed by atoms with Gasteiger partial charge in [0.15, 0.2) is 5.78 Å². The fraction of sp³-hybridized carbons (Fsp3) is 0.207. The maximum atomic E-state index is 12.3. The number of rotatable bonds is 6. The van der Waals surface area contributed by atoms with Crippen LogP contribution in [0.5, 0.6) is 5.75 Å². The predicted molar refractivity (Wildman–Crippen MR) is 149 cm³/mol. The van der Waals surface area contributed by atoms with Gasteiger partial charge in [-0.25, -0.2) is 4.98 Å². The molecule has 1 unspecified atom stereocenters. The number of nitrogens with one attached hydrogen (secondary N) is 3. The number of Topliss-reactive ketones (excluding diaryl/α,β-unsaturated/α-hetero) is 1. The molecule has 3 aromatic carbocycles. The lowest BCUT2D eigenvalue weighted by molar-refractivity contribution is 0.0962. The highest BCUT2D eigenvalue weighted by molar-refractivity contribution is 7.86. The number of ether oxygens (including phenoxy) is 1. The topological polar surface area (TPSA) is 100.0 Å². The van der Waals surface area contributed by atoms with Gasteiger partial charge in [-0.2, -0.15) is 4.98 Å². The van der Waals surface area contributed by atoms with Crippen LogP contribution >= 0.6 is 0 Å². The van der Waals surface area contributed by atoms with Gasteiger partial charge in [-0.15, -0.1) is 0 Å². The van der Waals surface area contributed by atoms with E-state index in [1.807, 2.05) is 85.1 Å². The molecule has 5 rings (SSSR count). The highest BCUT2D eigenvalue weighted by atomic mass is 32.2. The number of hydrogen-bond acceptors (Lipinski definition) is 7. The molecule has 1 aliphatic rings. The average molecular weight is 512 g/mol. The summed E-state index contributed by atoms with van der Waals surface area (Å²) in [6, 6.07) is 25.0. The van der Waals surface area contributed by atoms with Crippen molar-refractivity contribution >= 4 is 33.9 Å². The average Bonchev–Trinajstić information content (AvgIpc) is 2.94. The molecule has 188 valence electrons. The molecular weight excluding hydrogens is 482 g/mol. The lowest BCUT2D eigenvalue weighted by Crippen LogP contribution is -2.08. The van der Waals surface area contributed by atoms with Gasteiger partial charge < -0.3 is 15.4 Å². The third kappa shape index (κ3) is 6.40. The van der Waals surface area contributed by atoms with E-state index >= 15 is 0 Å². The summed E-state index contributed by atoms with van der Waals surface area (Å²) in [5.41, 5.74) is 3.46. The summed E-state index contributed by atoms with van der Waals surface area (Å²) >= 11 is 0. The fourth-order valence-corrected chi connectivity index (χ4v) is 5.34. The summed E-state index contributed by atoms with van der Waals surface area (Å²) in [4.78, 5) is 22.6. The van der Waals surface area contributed by atoms with E-state index in [0.717, 1.165) is 52.7 Å². The summed E-state index contributed by atoms with van der Waals surface area (Å²) in [6.45, 7) is 1.10. The third-order valence-corrected chi connectivity index (χ3v) is 7.61. The molecule has 1 aliphatic heterocycles. The minimum atomic E-state index is -0.530. The van der Waals surface area contributed by atoms with Gasteiger partial charge in [-0.3, -0.25) is 9.57 Å². The lowest BCUT2D eigenvalue weighted by atomic mass is 10.1. The van der Waals surface area contributed by atoms with Crippen molar-refractivity contribution in [3.8, 4) is 16.9 Å². The Bertz CT molecular complexity index is 1390. The van der Waals surface area contributed by atoms with Gasteiger partial charge in [0.1, 0.15) is 11.6 Å². The summed E-state index contributed by atoms with van der Waals surface area (Å²) in [7, 11) is -0.530. The van der Waals surface area contributed by atoms with Crippen molar-refractivity contribution in [1.29, 1.82) is 4.78 Å². The van der Waals surface area contributed by atoms with Crippen molar-refractivity contribution in [1.82, 2.24) is 9.97 Å². The molecule has 4 bridgehead atoms. The Morgan fingerprint density at radius 1 is 1.00 bits per heavy atom. The Hall–Kier alpha value is -4.04. The smallest absolute Gasteiger partial charge is 0.229 e. The Morgan fingerprint density at radius 2 is 1.84 bits per heavy atom. The monoisotopic (exact) mass is 511 g/mol. The van der Waals surface area contributed by atoms with Gasteiger partial charge in [-0.05, 0) is 48.7 Å². The van der Waals surface area contributed by atoms with Crippen LogP contribution in [0.3, 0.4) is 0 Å². The van der Waals surface area contributed by atoms with Gasteiger partial charge in [0.2, 0.25) is 5.95 Å². The first-order chi connectivity index (χ1) is 18.2. The van der Waals surface area contributed by atoms with E-state index in [1.54, 1.807) is 0 Å². The maximum absolute atomic E-state index is 12.3. The molecule has 1 aromatic heterocycles. The first-order valence-corrected chi connectivity index (χ1v) is 13.8. The molecule has 0 spiro atoms. The van der Waals surface area contributed by atoms with Crippen LogP contribution in [0.25, 0.3) is 11.1 Å². The number of anilines is 3. The van der Waals surface area contributed by atoms with Crippen molar-refractivity contribution in [2.24, 2.45) is 0 Å². The first kappa shape index (κ1) is 24.6. The second-order valence-corrected chi connectivity index (χ2v) is 10.4. The minimum absolute atomic E-state index is 0.0691. The molecule has 0 saturated carbocycles. The Labute approximate surface area is 219 Å². The minimum Gasteiger partial charge on any atom is -0.493 e. The molecule has 0 saturated heterocycles. The van der Waals surface area contributed by atoms with Gasteiger partial charge in [-0.1, -0.05) is 59.2 Å². The van der Waals surface area contributed by atoms with Gasteiger partial charge in [0.25, 0.3) is 0 Å². The molecule has 0 aliphatic carbocycles. The van der Waals surface area contributed by atoms with E-state index in [2.05, 4.69) is 15.6 Å². The molecule has 2 heterocycles. The van der Waals surface area contributed by atoms with Crippen molar-refractivity contribution in [2.45, 2.75) is 24.2 Å². The van der Waals surface area contributed by atoms with Crippen LogP contribution in [-0.4, -0.2) is 34.7 Å². The third-order valence-electron chi connectivity index (χ3n) is 6.09. The number of benzene rings is 3. The van der Waals surface area contributed by atoms with Crippen LogP contribution < -0.4 is 15.4 Å². The molecule has 0 radical (unpaired) electrons. The zero-order chi connectivity index (χ0) is 25.5. The molecule has 1 atom stereocenters. The Balaban J connectivity index is 1.29. The van der Waals surface area contributed by atoms with Crippen LogP contribution in [0.15, 0.2) is 90.0 Å². The molecule has 0 fully saturated rings. The van der Waals surface area contributed by atoms with E-state index in [1.165, 1.54) is 0 Å². The van der Waals surface area contributed by atoms with Crippen LogP contribution in [0.4, 0.5) is 17.5 Å². The number of aromatic nitrogens is 2. The van der Waals surface area contributed by atoms with E-state index in [4.69, 9.17) is 14.5 Å². The number of carbonyl (C=O) groups excluding carboxylic acids is 1. The van der Waals surface area contributed by atoms with Crippen LogP contribution in [0.2, 0.25) is 0 Å². The normalized spacial score (nSPS) is 15.2. The van der Waals surface area contributed by atoms with Crippen LogP contribution in [-0.2, 0) is 10.7 Å². The number of carbonyl (C=O) groups is 1. The molecule has 3 N–H and O–H groups in total. The summed E-state index contributed by atoms with van der Waals surface area (Å²) in [6.07, 6.45) is 4.09. The summed E-state index contributed by atoms with van der Waals surface area (Å²) in [5.74, 6) is 2.90. The lowest BCUT2D eigenvalue weighted by Gasteiger charge is -2.14. The van der Waals surface area contributed by atoms with Gasteiger partial charge >= 0.3 is 0 Å². The number of nitrogens with zero attached hydrogens (tertiary/aromatic N) is 2. The van der Waals surface area contributed by atoms with Crippen LogP contribution in [0, 0.1) is 4.78 Å². The van der Waals surface area contributed by atoms with E-state index in [-0.39, 0.29) is 5.78 Å². The second-order valence-electron chi connectivity index (χ2n) is 8.75. The van der Waals surface area contributed by atoms with Crippen LogP contribution in [0.1, 0.15) is 29.6 Å². The number of fused-ring (bicyclic) bond motifs is 4. The Kier molecular flexibility index (Phi) is 7.86. The van der Waals surface area contributed by atoms with Gasteiger partial charge in [0, 0.05) is 46.6 Å². The predicted octanol–water partition coefficient (Wildman–Crippen LogP) is 6.48. The van der Waals surface area contributed by atoms with E-state index in [0.29, 0.717) is 30.3 Å². The first-order valence-electron chi connectivity index (χ1n) is 12.4. The molecule has 37 heavy (non-hydrogen) atoms. The number of hydrogen-bond donors (Lipinski definition) is 3. The standard InChI is InChI=1S/C29H29N5O2S/c30-37-18-5-4-16-31-28-26(20-32-29(34-28)33-23-9-6-10-25(37)19-23)21-11-13-24(14-12-21)36-17-15-27(35)22-7-2-1-3-8-22/h1-3,6-14,19-20,30H,4-5,15-18H2,(H2,31,32,33,34). The SMILES string of the molecule is N=S1CCCCNc2nc(ncc2-c2ccc(OCCC(=O)c3ccccc3)cc2)Nc2cccc1c2. The van der Waals surface area contributed by atoms with Crippen molar-refractivity contribution in [3.05, 3.63) is 90.6 Å². The van der Waals surface area contributed by atoms with Crippen molar-refractivity contribution < 1.29 is 9.53 Å². The Morgan fingerprint density at radius 3 is 2.68 bits per heavy atom. The van der Waals surface area contributed by atoms with E-state index < -0.39 is 10.7 Å². The molecular formula is C29H29N5O2S. The van der Waals surface area contributed by atoms with E-state index in [9.17, 15) is 4.79 Å². The quantitative estimate of drug-likeness (QED) is 0.256. The zero-order valence-electron chi connectivity index (χ0n) is 20.4. The molecule has 0 amide bonds. The number of ketones is 1. The highest BCUT2D eigenvalue weighted by Gasteiger charge is 2.12. The summed E-state index contributed by atoms with van der Waals surface area (Å²) in [5, 5.41) is 6.76. The maximum Gasteiger partial charge on any atom is 0.229 e. The largest absolute Gasteiger partial charge is 0.493 e. The van der Waals surface area contributed by atoms with Crippen molar-refractivity contribution in [2.75, 3.05) is 29.5 Å². The molecule has 7 nitrogen and oxygen atoms in total.